The number of carbonyl (C=O) groups is 2. The summed E-state index contributed by atoms with van der Waals surface area (Å²) in [6, 6.07) is 9.00. The number of rotatable bonds is 7. The largest absolute Gasteiger partial charge is 0.481 e. The topological polar surface area (TPSA) is 75.6 Å². The molecule has 1 unspecified atom stereocenters. The molecule has 0 aliphatic carbocycles. The van der Waals surface area contributed by atoms with E-state index in [2.05, 4.69) is 5.32 Å². The molecule has 0 saturated heterocycles. The van der Waals surface area contributed by atoms with E-state index >= 15 is 0 Å². The SMILES string of the molecule is COCC(=O)NC(CCC(=O)O)c1ccccc1. The molecule has 1 amide bonds. The van der Waals surface area contributed by atoms with E-state index in [1.807, 2.05) is 30.3 Å². The van der Waals surface area contributed by atoms with Gasteiger partial charge in [-0.3, -0.25) is 9.59 Å². The smallest absolute Gasteiger partial charge is 0.303 e. The van der Waals surface area contributed by atoms with Crippen LogP contribution in [0.1, 0.15) is 24.4 Å². The van der Waals surface area contributed by atoms with Crippen molar-refractivity contribution in [3.8, 4) is 0 Å². The molecule has 0 radical (unpaired) electrons. The fourth-order valence-electron chi connectivity index (χ4n) is 1.64. The second kappa shape index (κ2) is 7.45. The second-order valence-corrected chi connectivity index (χ2v) is 3.90. The van der Waals surface area contributed by atoms with Crippen LogP contribution in [0.5, 0.6) is 0 Å². The Labute approximate surface area is 106 Å². The maximum absolute atomic E-state index is 11.5. The quantitative estimate of drug-likeness (QED) is 0.767. The third-order valence-corrected chi connectivity index (χ3v) is 2.46. The molecule has 0 heterocycles. The third kappa shape index (κ3) is 4.97. The van der Waals surface area contributed by atoms with Crippen LogP contribution in [-0.4, -0.2) is 30.7 Å². The Morgan fingerprint density at radius 2 is 2.00 bits per heavy atom. The Morgan fingerprint density at radius 3 is 2.56 bits per heavy atom. The summed E-state index contributed by atoms with van der Waals surface area (Å²) < 4.78 is 4.74. The summed E-state index contributed by atoms with van der Waals surface area (Å²) in [5.74, 6) is -1.13. The zero-order valence-electron chi connectivity index (χ0n) is 10.3. The summed E-state index contributed by atoms with van der Waals surface area (Å²) in [6.07, 6.45) is 0.363. The molecule has 1 atom stereocenters. The number of carboxylic acid groups (broad SMARTS) is 1. The minimum absolute atomic E-state index is 0.00677. The van der Waals surface area contributed by atoms with Crippen molar-refractivity contribution in [3.63, 3.8) is 0 Å². The summed E-state index contributed by atoms with van der Waals surface area (Å²) in [5.41, 5.74) is 0.892. The van der Waals surface area contributed by atoms with Gasteiger partial charge < -0.3 is 15.2 Å². The first kappa shape index (κ1) is 14.2. The van der Waals surface area contributed by atoms with Crippen LogP contribution in [0.25, 0.3) is 0 Å². The molecule has 18 heavy (non-hydrogen) atoms. The van der Waals surface area contributed by atoms with Crippen LogP contribution >= 0.6 is 0 Å². The van der Waals surface area contributed by atoms with Crippen molar-refractivity contribution >= 4 is 11.9 Å². The second-order valence-electron chi connectivity index (χ2n) is 3.90. The molecule has 1 rings (SSSR count). The molecule has 0 aliphatic rings. The van der Waals surface area contributed by atoms with Gasteiger partial charge in [0.1, 0.15) is 6.61 Å². The van der Waals surface area contributed by atoms with Crippen LogP contribution < -0.4 is 5.32 Å². The predicted molar refractivity (Wildman–Crippen MR) is 66.1 cm³/mol. The van der Waals surface area contributed by atoms with Crippen molar-refractivity contribution < 1.29 is 19.4 Å². The van der Waals surface area contributed by atoms with E-state index in [-0.39, 0.29) is 25.0 Å². The molecule has 1 aromatic carbocycles. The Bertz CT molecular complexity index is 391. The summed E-state index contributed by atoms with van der Waals surface area (Å²) in [5, 5.41) is 11.5. The van der Waals surface area contributed by atoms with Gasteiger partial charge in [-0.1, -0.05) is 30.3 Å². The van der Waals surface area contributed by atoms with Crippen LogP contribution in [0.15, 0.2) is 30.3 Å². The fourth-order valence-corrected chi connectivity index (χ4v) is 1.64. The number of benzene rings is 1. The number of carbonyl (C=O) groups excluding carboxylic acids is 1. The van der Waals surface area contributed by atoms with E-state index in [0.717, 1.165) is 5.56 Å². The van der Waals surface area contributed by atoms with Gasteiger partial charge in [-0.05, 0) is 12.0 Å². The molecule has 0 saturated carbocycles. The van der Waals surface area contributed by atoms with E-state index in [9.17, 15) is 9.59 Å². The van der Waals surface area contributed by atoms with Crippen molar-refractivity contribution in [1.82, 2.24) is 5.32 Å². The van der Waals surface area contributed by atoms with Gasteiger partial charge in [-0.25, -0.2) is 0 Å². The maximum atomic E-state index is 11.5. The maximum Gasteiger partial charge on any atom is 0.303 e. The molecule has 0 fully saturated rings. The number of hydrogen-bond donors (Lipinski definition) is 2. The van der Waals surface area contributed by atoms with E-state index in [4.69, 9.17) is 9.84 Å². The average Bonchev–Trinajstić information content (AvgIpc) is 2.35. The number of ether oxygens (including phenoxy) is 1. The average molecular weight is 251 g/mol. The van der Waals surface area contributed by atoms with Gasteiger partial charge in [-0.15, -0.1) is 0 Å². The Kier molecular flexibility index (Phi) is 5.87. The van der Waals surface area contributed by atoms with Crippen LogP contribution in [0.3, 0.4) is 0 Å². The highest BCUT2D eigenvalue weighted by atomic mass is 16.5. The minimum atomic E-state index is -0.878. The number of methoxy groups -OCH3 is 1. The van der Waals surface area contributed by atoms with Gasteiger partial charge in [-0.2, -0.15) is 0 Å². The van der Waals surface area contributed by atoms with Gasteiger partial charge in [0.2, 0.25) is 5.91 Å². The number of nitrogens with one attached hydrogen (secondary N) is 1. The lowest BCUT2D eigenvalue weighted by Crippen LogP contribution is -2.31. The summed E-state index contributed by atoms with van der Waals surface area (Å²) in [7, 11) is 1.44. The van der Waals surface area contributed by atoms with E-state index in [1.165, 1.54) is 7.11 Å². The zero-order valence-corrected chi connectivity index (χ0v) is 10.3. The molecule has 0 spiro atoms. The Balaban J connectivity index is 2.69. The lowest BCUT2D eigenvalue weighted by Gasteiger charge is -2.18. The molecule has 2 N–H and O–H groups in total. The number of amides is 1. The van der Waals surface area contributed by atoms with Crippen LogP contribution in [0, 0.1) is 0 Å². The summed E-state index contributed by atoms with van der Waals surface area (Å²) >= 11 is 0. The van der Waals surface area contributed by atoms with Crippen molar-refractivity contribution in [3.05, 3.63) is 35.9 Å². The molecule has 0 aliphatic heterocycles. The zero-order chi connectivity index (χ0) is 13.4. The predicted octanol–water partition coefficient (Wildman–Crippen LogP) is 1.36. The first-order valence-electron chi connectivity index (χ1n) is 5.68. The van der Waals surface area contributed by atoms with Crippen molar-refractivity contribution in [1.29, 1.82) is 0 Å². The molecule has 0 aromatic heterocycles. The Morgan fingerprint density at radius 1 is 1.33 bits per heavy atom. The molecule has 5 heteroatoms. The monoisotopic (exact) mass is 251 g/mol. The summed E-state index contributed by atoms with van der Waals surface area (Å²) in [4.78, 5) is 22.1. The number of hydrogen-bond acceptors (Lipinski definition) is 3. The highest BCUT2D eigenvalue weighted by Gasteiger charge is 2.15. The standard InChI is InChI=1S/C13H17NO4/c1-18-9-12(15)14-11(7-8-13(16)17)10-5-3-2-4-6-10/h2-6,11H,7-9H2,1H3,(H,14,15)(H,16,17). The first-order chi connectivity index (χ1) is 8.63. The molecular weight excluding hydrogens is 234 g/mol. The lowest BCUT2D eigenvalue weighted by molar-refractivity contribution is -0.137. The highest BCUT2D eigenvalue weighted by Crippen LogP contribution is 2.18. The van der Waals surface area contributed by atoms with Crippen molar-refractivity contribution in [2.45, 2.75) is 18.9 Å². The first-order valence-corrected chi connectivity index (χ1v) is 5.68. The third-order valence-electron chi connectivity index (χ3n) is 2.46. The summed E-state index contributed by atoms with van der Waals surface area (Å²) in [6.45, 7) is -0.0313. The number of carboxylic acids is 1. The molecule has 0 bridgehead atoms. The van der Waals surface area contributed by atoms with Crippen LogP contribution in [0.2, 0.25) is 0 Å². The van der Waals surface area contributed by atoms with Gasteiger partial charge >= 0.3 is 5.97 Å². The van der Waals surface area contributed by atoms with Gasteiger partial charge in [0.15, 0.2) is 0 Å². The van der Waals surface area contributed by atoms with E-state index in [0.29, 0.717) is 6.42 Å². The van der Waals surface area contributed by atoms with Gasteiger partial charge in [0.05, 0.1) is 6.04 Å². The minimum Gasteiger partial charge on any atom is -0.481 e. The van der Waals surface area contributed by atoms with E-state index in [1.54, 1.807) is 0 Å². The molecule has 98 valence electrons. The Hall–Kier alpha value is -1.88. The highest BCUT2D eigenvalue weighted by molar-refractivity contribution is 5.77. The fraction of sp³-hybridized carbons (Fsp3) is 0.385. The van der Waals surface area contributed by atoms with Crippen molar-refractivity contribution in [2.75, 3.05) is 13.7 Å². The number of aliphatic carboxylic acids is 1. The lowest BCUT2D eigenvalue weighted by atomic mass is 10.0. The molecular formula is C13H17NO4. The van der Waals surface area contributed by atoms with Gasteiger partial charge in [0.25, 0.3) is 0 Å². The van der Waals surface area contributed by atoms with Crippen LogP contribution in [-0.2, 0) is 14.3 Å². The molecule has 1 aromatic rings. The van der Waals surface area contributed by atoms with Crippen LogP contribution in [0.4, 0.5) is 0 Å². The normalized spacial score (nSPS) is 11.8. The van der Waals surface area contributed by atoms with Crippen molar-refractivity contribution in [2.24, 2.45) is 0 Å². The van der Waals surface area contributed by atoms with E-state index < -0.39 is 5.97 Å². The molecule has 5 nitrogen and oxygen atoms in total. The van der Waals surface area contributed by atoms with Gasteiger partial charge in [0, 0.05) is 13.5 Å².